The summed E-state index contributed by atoms with van der Waals surface area (Å²) in [7, 11) is 5.66. The van der Waals surface area contributed by atoms with Gasteiger partial charge in [-0.15, -0.1) is 24.0 Å². The van der Waals surface area contributed by atoms with Gasteiger partial charge < -0.3 is 15.0 Å². The molecule has 0 fully saturated rings. The summed E-state index contributed by atoms with van der Waals surface area (Å²) < 4.78 is 5.37. The summed E-state index contributed by atoms with van der Waals surface area (Å²) >= 11 is 0. The van der Waals surface area contributed by atoms with Gasteiger partial charge in [-0.1, -0.05) is 48.5 Å². The maximum Gasteiger partial charge on any atom is 0.194 e. The molecule has 0 spiro atoms. The zero-order valence-corrected chi connectivity index (χ0v) is 16.2. The highest BCUT2D eigenvalue weighted by atomic mass is 127. The highest BCUT2D eigenvalue weighted by Gasteiger charge is 2.05. The van der Waals surface area contributed by atoms with Crippen molar-refractivity contribution < 1.29 is 4.74 Å². The molecule has 1 N–H and O–H groups in total. The predicted octanol–water partition coefficient (Wildman–Crippen LogP) is 3.52. The van der Waals surface area contributed by atoms with Crippen LogP contribution >= 0.6 is 24.0 Å². The van der Waals surface area contributed by atoms with Crippen molar-refractivity contribution in [1.29, 1.82) is 0 Å². The van der Waals surface area contributed by atoms with Crippen LogP contribution in [-0.4, -0.2) is 32.1 Å². The summed E-state index contributed by atoms with van der Waals surface area (Å²) in [5, 5.41) is 3.38. The van der Waals surface area contributed by atoms with Crippen molar-refractivity contribution in [3.63, 3.8) is 0 Å². The summed E-state index contributed by atoms with van der Waals surface area (Å²) in [6.07, 6.45) is 0. The fourth-order valence-electron chi connectivity index (χ4n) is 2.13. The Morgan fingerprint density at radius 2 is 1.70 bits per heavy atom. The average Bonchev–Trinajstić information content (AvgIpc) is 2.55. The average molecular weight is 425 g/mol. The molecule has 23 heavy (non-hydrogen) atoms. The van der Waals surface area contributed by atoms with Crippen molar-refractivity contribution in [3.8, 4) is 5.75 Å². The molecule has 2 aromatic carbocycles. The Morgan fingerprint density at radius 3 is 2.35 bits per heavy atom. The largest absolute Gasteiger partial charge is 0.496 e. The van der Waals surface area contributed by atoms with E-state index in [1.54, 1.807) is 7.11 Å². The van der Waals surface area contributed by atoms with Gasteiger partial charge in [0.15, 0.2) is 5.96 Å². The molecule has 0 atom stereocenters. The third kappa shape index (κ3) is 6.09. The summed E-state index contributed by atoms with van der Waals surface area (Å²) in [6, 6.07) is 18.2. The number of ether oxygens (including phenoxy) is 1. The summed E-state index contributed by atoms with van der Waals surface area (Å²) in [5.74, 6) is 1.74. The number of guanidine groups is 1. The summed E-state index contributed by atoms with van der Waals surface area (Å²) in [4.78, 5) is 6.64. The van der Waals surface area contributed by atoms with Crippen LogP contribution in [0, 0.1) is 0 Å². The van der Waals surface area contributed by atoms with E-state index in [-0.39, 0.29) is 24.0 Å². The molecule has 0 radical (unpaired) electrons. The first-order valence-corrected chi connectivity index (χ1v) is 7.32. The van der Waals surface area contributed by atoms with Crippen molar-refractivity contribution >= 4 is 29.9 Å². The number of hydrogen-bond donors (Lipinski definition) is 1. The molecular formula is C18H24IN3O. The Morgan fingerprint density at radius 1 is 1.04 bits per heavy atom. The summed E-state index contributed by atoms with van der Waals surface area (Å²) in [5.41, 5.74) is 2.31. The number of nitrogens with one attached hydrogen (secondary N) is 1. The third-order valence-corrected chi connectivity index (χ3v) is 3.31. The monoisotopic (exact) mass is 425 g/mol. The SMILES string of the molecule is COc1ccccc1CNC(=NCc1ccccc1)N(C)C.I. The number of para-hydroxylation sites is 1. The second-order valence-electron chi connectivity index (χ2n) is 5.19. The van der Waals surface area contributed by atoms with Gasteiger partial charge in [0.25, 0.3) is 0 Å². The predicted molar refractivity (Wildman–Crippen MR) is 107 cm³/mol. The van der Waals surface area contributed by atoms with Gasteiger partial charge in [-0.05, 0) is 11.6 Å². The van der Waals surface area contributed by atoms with Crippen LogP contribution in [-0.2, 0) is 13.1 Å². The van der Waals surface area contributed by atoms with Gasteiger partial charge in [-0.3, -0.25) is 0 Å². The minimum Gasteiger partial charge on any atom is -0.496 e. The second-order valence-corrected chi connectivity index (χ2v) is 5.19. The zero-order valence-electron chi connectivity index (χ0n) is 13.8. The van der Waals surface area contributed by atoms with Gasteiger partial charge in [-0.2, -0.15) is 0 Å². The quantitative estimate of drug-likeness (QED) is 0.453. The lowest BCUT2D eigenvalue weighted by atomic mass is 10.2. The Balaban J connectivity index is 0.00000264. The lowest BCUT2D eigenvalue weighted by Gasteiger charge is -2.18. The maximum atomic E-state index is 5.37. The number of halogens is 1. The van der Waals surface area contributed by atoms with Crippen LogP contribution in [0.4, 0.5) is 0 Å². The van der Waals surface area contributed by atoms with E-state index in [1.165, 1.54) is 5.56 Å². The molecule has 0 amide bonds. The second kappa shape index (κ2) is 10.1. The highest BCUT2D eigenvalue weighted by molar-refractivity contribution is 14.0. The van der Waals surface area contributed by atoms with Crippen LogP contribution in [0.3, 0.4) is 0 Å². The molecule has 0 heterocycles. The standard InChI is InChI=1S/C18H23N3O.HI/c1-21(2)18(19-13-15-9-5-4-6-10-15)20-14-16-11-7-8-12-17(16)22-3;/h4-12H,13-14H2,1-3H3,(H,19,20);1H. The Labute approximate surface area is 155 Å². The normalized spacial score (nSPS) is 10.7. The number of benzene rings is 2. The van der Waals surface area contributed by atoms with E-state index < -0.39 is 0 Å². The molecule has 0 aliphatic heterocycles. The Kier molecular flexibility index (Phi) is 8.47. The number of aliphatic imine (C=N–C) groups is 1. The number of hydrogen-bond acceptors (Lipinski definition) is 2. The van der Waals surface area contributed by atoms with Crippen LogP contribution in [0.5, 0.6) is 5.75 Å². The molecule has 2 rings (SSSR count). The molecule has 2 aromatic rings. The molecule has 0 bridgehead atoms. The molecule has 0 aliphatic carbocycles. The van der Waals surface area contributed by atoms with Crippen molar-refractivity contribution in [2.45, 2.75) is 13.1 Å². The first kappa shape index (κ1) is 19.3. The molecule has 0 unspecified atom stereocenters. The highest BCUT2D eigenvalue weighted by Crippen LogP contribution is 2.16. The fourth-order valence-corrected chi connectivity index (χ4v) is 2.13. The van der Waals surface area contributed by atoms with Crippen molar-refractivity contribution in [2.75, 3.05) is 21.2 Å². The van der Waals surface area contributed by atoms with Gasteiger partial charge in [0.05, 0.1) is 13.7 Å². The molecular weight excluding hydrogens is 401 g/mol. The molecule has 0 aliphatic rings. The van der Waals surface area contributed by atoms with E-state index in [4.69, 9.17) is 4.74 Å². The number of methoxy groups -OCH3 is 1. The van der Waals surface area contributed by atoms with Crippen molar-refractivity contribution in [3.05, 3.63) is 65.7 Å². The van der Waals surface area contributed by atoms with Crippen molar-refractivity contribution in [1.82, 2.24) is 10.2 Å². The summed E-state index contributed by atoms with van der Waals surface area (Å²) in [6.45, 7) is 1.34. The minimum atomic E-state index is 0. The molecule has 4 nitrogen and oxygen atoms in total. The first-order chi connectivity index (χ1) is 10.7. The van der Waals surface area contributed by atoms with E-state index >= 15 is 0 Å². The van der Waals surface area contributed by atoms with Crippen LogP contribution < -0.4 is 10.1 Å². The lowest BCUT2D eigenvalue weighted by Crippen LogP contribution is -2.36. The zero-order chi connectivity index (χ0) is 15.8. The molecule has 0 aromatic heterocycles. The van der Waals surface area contributed by atoms with Crippen LogP contribution in [0.25, 0.3) is 0 Å². The smallest absolute Gasteiger partial charge is 0.194 e. The minimum absolute atomic E-state index is 0. The van der Waals surface area contributed by atoms with Gasteiger partial charge in [-0.25, -0.2) is 4.99 Å². The fraction of sp³-hybridized carbons (Fsp3) is 0.278. The van der Waals surface area contributed by atoms with Crippen molar-refractivity contribution in [2.24, 2.45) is 4.99 Å². The lowest BCUT2D eigenvalue weighted by molar-refractivity contribution is 0.408. The molecule has 5 heteroatoms. The number of nitrogens with zero attached hydrogens (tertiary/aromatic N) is 2. The Bertz CT molecular complexity index is 615. The van der Waals surface area contributed by atoms with E-state index in [2.05, 4.69) is 28.5 Å². The Hall–Kier alpha value is -1.76. The van der Waals surface area contributed by atoms with Crippen LogP contribution in [0.1, 0.15) is 11.1 Å². The van der Waals surface area contributed by atoms with E-state index in [1.807, 2.05) is 55.4 Å². The first-order valence-electron chi connectivity index (χ1n) is 7.32. The van der Waals surface area contributed by atoms with E-state index in [9.17, 15) is 0 Å². The maximum absolute atomic E-state index is 5.37. The number of rotatable bonds is 5. The van der Waals surface area contributed by atoms with Gasteiger partial charge in [0.2, 0.25) is 0 Å². The van der Waals surface area contributed by atoms with Crippen LogP contribution in [0.15, 0.2) is 59.6 Å². The topological polar surface area (TPSA) is 36.9 Å². The van der Waals surface area contributed by atoms with Crippen LogP contribution in [0.2, 0.25) is 0 Å². The van der Waals surface area contributed by atoms with E-state index in [0.717, 1.165) is 17.3 Å². The molecule has 124 valence electrons. The third-order valence-electron chi connectivity index (χ3n) is 3.31. The molecule has 0 saturated carbocycles. The van der Waals surface area contributed by atoms with Gasteiger partial charge >= 0.3 is 0 Å². The van der Waals surface area contributed by atoms with Gasteiger partial charge in [0.1, 0.15) is 5.75 Å². The van der Waals surface area contributed by atoms with Gasteiger partial charge in [0, 0.05) is 26.2 Å². The molecule has 0 saturated heterocycles. The van der Waals surface area contributed by atoms with E-state index in [0.29, 0.717) is 13.1 Å².